The van der Waals surface area contributed by atoms with Gasteiger partial charge in [-0.05, 0) is 48.6 Å². The Balaban J connectivity index is 1.85. The quantitative estimate of drug-likeness (QED) is 0.624. The minimum atomic E-state index is 0.212. The highest BCUT2D eigenvalue weighted by atomic mass is 16.5. The fourth-order valence-corrected chi connectivity index (χ4v) is 2.93. The Hall–Kier alpha value is -0.900. The Morgan fingerprint density at radius 2 is 2.00 bits per heavy atom. The standard InChI is InChI=1S/C18H30N2O/c1-18(2,3)15-8-6-14(7-9-15)13-16(20-19)10-11-17-5-4-12-21-17/h6-9,16-17,20H,4-5,10-13,19H2,1-3H3. The topological polar surface area (TPSA) is 47.3 Å². The summed E-state index contributed by atoms with van der Waals surface area (Å²) in [4.78, 5) is 0. The lowest BCUT2D eigenvalue weighted by molar-refractivity contribution is 0.0996. The zero-order valence-corrected chi connectivity index (χ0v) is 13.7. The molecule has 21 heavy (non-hydrogen) atoms. The van der Waals surface area contributed by atoms with Crippen LogP contribution >= 0.6 is 0 Å². The van der Waals surface area contributed by atoms with Gasteiger partial charge < -0.3 is 4.74 Å². The first-order valence-corrected chi connectivity index (χ1v) is 8.16. The molecule has 1 aromatic carbocycles. The summed E-state index contributed by atoms with van der Waals surface area (Å²) in [7, 11) is 0. The van der Waals surface area contributed by atoms with Gasteiger partial charge in [-0.25, -0.2) is 0 Å². The molecule has 0 saturated carbocycles. The van der Waals surface area contributed by atoms with Gasteiger partial charge in [0.15, 0.2) is 0 Å². The smallest absolute Gasteiger partial charge is 0.0576 e. The van der Waals surface area contributed by atoms with E-state index < -0.39 is 0 Å². The van der Waals surface area contributed by atoms with Gasteiger partial charge in [-0.2, -0.15) is 0 Å². The first-order valence-electron chi connectivity index (χ1n) is 8.16. The van der Waals surface area contributed by atoms with Crippen molar-refractivity contribution in [2.24, 2.45) is 5.84 Å². The summed E-state index contributed by atoms with van der Waals surface area (Å²) in [5.41, 5.74) is 5.90. The largest absolute Gasteiger partial charge is 0.378 e. The van der Waals surface area contributed by atoms with E-state index in [2.05, 4.69) is 50.5 Å². The van der Waals surface area contributed by atoms with Crippen LogP contribution < -0.4 is 11.3 Å². The normalized spacial score (nSPS) is 20.7. The number of benzene rings is 1. The Kier molecular flexibility index (Phi) is 5.80. The number of nitrogens with two attached hydrogens (primary N) is 1. The van der Waals surface area contributed by atoms with E-state index in [9.17, 15) is 0 Å². The number of hydrogen-bond acceptors (Lipinski definition) is 3. The van der Waals surface area contributed by atoms with E-state index in [1.165, 1.54) is 24.0 Å². The minimum Gasteiger partial charge on any atom is -0.378 e. The van der Waals surface area contributed by atoms with Crippen molar-refractivity contribution in [3.05, 3.63) is 35.4 Å². The maximum atomic E-state index is 5.71. The molecule has 0 amide bonds. The molecule has 1 aliphatic heterocycles. The van der Waals surface area contributed by atoms with Gasteiger partial charge in [-0.1, -0.05) is 45.0 Å². The Bertz CT molecular complexity index is 416. The summed E-state index contributed by atoms with van der Waals surface area (Å²) in [5, 5.41) is 0. The zero-order valence-electron chi connectivity index (χ0n) is 13.7. The summed E-state index contributed by atoms with van der Waals surface area (Å²) in [5.74, 6) is 5.71. The van der Waals surface area contributed by atoms with E-state index in [0.717, 1.165) is 25.9 Å². The summed E-state index contributed by atoms with van der Waals surface area (Å²) in [6.45, 7) is 7.66. The molecule has 0 aliphatic carbocycles. The van der Waals surface area contributed by atoms with Crippen LogP contribution in [0, 0.1) is 0 Å². The molecule has 1 fully saturated rings. The molecule has 3 N–H and O–H groups in total. The molecule has 3 heteroatoms. The van der Waals surface area contributed by atoms with Crippen molar-refractivity contribution in [1.82, 2.24) is 5.43 Å². The molecular formula is C18H30N2O. The number of rotatable bonds is 6. The van der Waals surface area contributed by atoms with Gasteiger partial charge in [0.2, 0.25) is 0 Å². The van der Waals surface area contributed by atoms with E-state index in [-0.39, 0.29) is 5.41 Å². The van der Waals surface area contributed by atoms with Crippen LogP contribution in [-0.4, -0.2) is 18.8 Å². The van der Waals surface area contributed by atoms with Gasteiger partial charge in [0, 0.05) is 12.6 Å². The summed E-state index contributed by atoms with van der Waals surface area (Å²) in [6, 6.07) is 9.27. The molecule has 1 saturated heterocycles. The number of hydrogen-bond donors (Lipinski definition) is 2. The fraction of sp³-hybridized carbons (Fsp3) is 0.667. The van der Waals surface area contributed by atoms with Crippen LogP contribution in [0.15, 0.2) is 24.3 Å². The highest BCUT2D eigenvalue weighted by Gasteiger charge is 2.18. The van der Waals surface area contributed by atoms with E-state index >= 15 is 0 Å². The van der Waals surface area contributed by atoms with Crippen LogP contribution in [0.1, 0.15) is 57.6 Å². The van der Waals surface area contributed by atoms with E-state index in [1.54, 1.807) is 0 Å². The predicted molar refractivity (Wildman–Crippen MR) is 88.2 cm³/mol. The minimum absolute atomic E-state index is 0.212. The van der Waals surface area contributed by atoms with Gasteiger partial charge in [0.05, 0.1) is 6.10 Å². The second-order valence-electron chi connectivity index (χ2n) is 7.23. The highest BCUT2D eigenvalue weighted by molar-refractivity contribution is 5.27. The summed E-state index contributed by atoms with van der Waals surface area (Å²) >= 11 is 0. The first kappa shape index (κ1) is 16.5. The van der Waals surface area contributed by atoms with Crippen LogP contribution in [-0.2, 0) is 16.6 Å². The maximum absolute atomic E-state index is 5.71. The van der Waals surface area contributed by atoms with Crippen LogP contribution in [0.4, 0.5) is 0 Å². The van der Waals surface area contributed by atoms with E-state index in [4.69, 9.17) is 10.6 Å². The van der Waals surface area contributed by atoms with Crippen molar-refractivity contribution in [2.75, 3.05) is 6.61 Å². The molecule has 0 bridgehead atoms. The van der Waals surface area contributed by atoms with Crippen molar-refractivity contribution >= 4 is 0 Å². The van der Waals surface area contributed by atoms with Gasteiger partial charge in [-0.3, -0.25) is 11.3 Å². The third-order valence-corrected chi connectivity index (χ3v) is 4.40. The third-order valence-electron chi connectivity index (χ3n) is 4.40. The lowest BCUT2D eigenvalue weighted by atomic mass is 9.86. The molecule has 0 spiro atoms. The second kappa shape index (κ2) is 7.39. The molecule has 0 aromatic heterocycles. The van der Waals surface area contributed by atoms with Crippen molar-refractivity contribution < 1.29 is 4.74 Å². The van der Waals surface area contributed by atoms with E-state index in [1.807, 2.05) is 0 Å². The monoisotopic (exact) mass is 290 g/mol. The Morgan fingerprint density at radius 1 is 1.29 bits per heavy atom. The molecular weight excluding hydrogens is 260 g/mol. The summed E-state index contributed by atoms with van der Waals surface area (Å²) in [6.07, 6.45) is 6.02. The molecule has 3 nitrogen and oxygen atoms in total. The predicted octanol–water partition coefficient (Wildman–Crippen LogP) is 3.32. The SMILES string of the molecule is CC(C)(C)c1ccc(CC(CCC2CCCO2)NN)cc1. The Morgan fingerprint density at radius 3 is 2.52 bits per heavy atom. The first-order chi connectivity index (χ1) is 9.99. The van der Waals surface area contributed by atoms with Crippen molar-refractivity contribution in [1.29, 1.82) is 0 Å². The van der Waals surface area contributed by atoms with Crippen LogP contribution in [0.5, 0.6) is 0 Å². The fourth-order valence-electron chi connectivity index (χ4n) is 2.93. The Labute approximate surface area is 129 Å². The molecule has 1 aliphatic rings. The zero-order chi connectivity index (χ0) is 15.3. The maximum Gasteiger partial charge on any atom is 0.0576 e. The highest BCUT2D eigenvalue weighted by Crippen LogP contribution is 2.23. The molecule has 1 heterocycles. The molecule has 0 radical (unpaired) electrons. The average Bonchev–Trinajstić information content (AvgIpc) is 2.96. The van der Waals surface area contributed by atoms with Crippen LogP contribution in [0.2, 0.25) is 0 Å². The van der Waals surface area contributed by atoms with Crippen LogP contribution in [0.25, 0.3) is 0 Å². The molecule has 1 aromatic rings. The average molecular weight is 290 g/mol. The van der Waals surface area contributed by atoms with Gasteiger partial charge >= 0.3 is 0 Å². The third kappa shape index (κ3) is 5.10. The van der Waals surface area contributed by atoms with Crippen molar-refractivity contribution in [3.63, 3.8) is 0 Å². The van der Waals surface area contributed by atoms with Gasteiger partial charge in [-0.15, -0.1) is 0 Å². The van der Waals surface area contributed by atoms with Crippen molar-refractivity contribution in [2.45, 2.75) is 70.4 Å². The second-order valence-corrected chi connectivity index (χ2v) is 7.23. The van der Waals surface area contributed by atoms with Gasteiger partial charge in [0.1, 0.15) is 0 Å². The van der Waals surface area contributed by atoms with Crippen LogP contribution in [0.3, 0.4) is 0 Å². The van der Waals surface area contributed by atoms with Crippen molar-refractivity contribution in [3.8, 4) is 0 Å². The number of ether oxygens (including phenoxy) is 1. The lowest BCUT2D eigenvalue weighted by Gasteiger charge is -2.21. The van der Waals surface area contributed by atoms with Gasteiger partial charge in [0.25, 0.3) is 0 Å². The lowest BCUT2D eigenvalue weighted by Crippen LogP contribution is -2.37. The molecule has 118 valence electrons. The molecule has 2 atom stereocenters. The summed E-state index contributed by atoms with van der Waals surface area (Å²) < 4.78 is 5.68. The van der Waals surface area contributed by atoms with E-state index in [0.29, 0.717) is 12.1 Å². The number of hydrazine groups is 1. The molecule has 2 rings (SSSR count). The molecule has 2 unspecified atom stereocenters. The number of nitrogens with one attached hydrogen (secondary N) is 1.